The van der Waals surface area contributed by atoms with Crippen LogP contribution in [-0.4, -0.2) is 31.7 Å². The lowest BCUT2D eigenvalue weighted by Crippen LogP contribution is -2.26. The number of anilines is 2. The van der Waals surface area contributed by atoms with Gasteiger partial charge in [-0.25, -0.2) is 0 Å². The van der Waals surface area contributed by atoms with E-state index in [0.717, 1.165) is 39.0 Å². The van der Waals surface area contributed by atoms with E-state index >= 15 is 0 Å². The van der Waals surface area contributed by atoms with E-state index < -0.39 is 0 Å². The predicted molar refractivity (Wildman–Crippen MR) is 222 cm³/mol. The highest BCUT2D eigenvalue weighted by molar-refractivity contribution is 5.98. The van der Waals surface area contributed by atoms with Crippen LogP contribution in [0.3, 0.4) is 0 Å². The van der Waals surface area contributed by atoms with Gasteiger partial charge in [0.05, 0.1) is 0 Å². The van der Waals surface area contributed by atoms with Crippen LogP contribution < -0.4 is 9.80 Å². The molecule has 6 aromatic carbocycles. The summed E-state index contributed by atoms with van der Waals surface area (Å²) in [5.74, 6) is 0. The monoisotopic (exact) mass is 668 g/mol. The van der Waals surface area contributed by atoms with Crippen molar-refractivity contribution in [2.75, 3.05) is 36.0 Å². The van der Waals surface area contributed by atoms with Crippen LogP contribution in [0.4, 0.5) is 11.4 Å². The molecule has 8 rings (SSSR count). The Labute approximate surface area is 303 Å². The highest BCUT2D eigenvalue weighted by Gasteiger charge is 2.18. The largest absolute Gasteiger partial charge is 0.412 e. The maximum atomic E-state index is 3.93. The number of nitrogens with zero attached hydrogens (tertiary/aromatic N) is 2. The first-order chi connectivity index (χ1) is 24.5. The number of rotatable bonds is 10. The first kappa shape index (κ1) is 35.2. The lowest BCUT2D eigenvalue weighted by atomic mass is 9.87. The van der Waals surface area contributed by atoms with E-state index in [1.165, 1.54) is 77.4 Å². The smallest absolute Gasteiger partial charge is 0.0399 e. The van der Waals surface area contributed by atoms with Crippen molar-refractivity contribution in [1.82, 2.24) is 0 Å². The SMILES string of the molecule is C=CCN(CC1=Cc2ccc(C)c3cccc(c23)C1)c1ccccc1.C=CCN(CC1=Cc2ccc(C)c3cccc(c23)C1)c1ccccc1.O. The fourth-order valence-electron chi connectivity index (χ4n) is 7.69. The summed E-state index contributed by atoms with van der Waals surface area (Å²) in [4.78, 5) is 4.77. The zero-order chi connectivity index (χ0) is 34.5. The van der Waals surface area contributed by atoms with E-state index in [9.17, 15) is 0 Å². The summed E-state index contributed by atoms with van der Waals surface area (Å²) in [6, 6.07) is 43.6. The number of hydrogen-bond acceptors (Lipinski definition) is 2. The van der Waals surface area contributed by atoms with Crippen molar-refractivity contribution in [1.29, 1.82) is 0 Å². The molecule has 3 heteroatoms. The molecule has 2 aliphatic rings. The zero-order valence-corrected chi connectivity index (χ0v) is 29.9. The van der Waals surface area contributed by atoms with Gasteiger partial charge in [-0.3, -0.25) is 0 Å². The molecule has 3 nitrogen and oxygen atoms in total. The van der Waals surface area contributed by atoms with Gasteiger partial charge < -0.3 is 15.3 Å². The predicted octanol–water partition coefficient (Wildman–Crippen LogP) is 10.7. The van der Waals surface area contributed by atoms with Gasteiger partial charge in [0.25, 0.3) is 0 Å². The molecule has 0 saturated carbocycles. The van der Waals surface area contributed by atoms with Gasteiger partial charge in [0, 0.05) is 37.6 Å². The fourth-order valence-corrected chi connectivity index (χ4v) is 7.69. The molecule has 0 radical (unpaired) electrons. The minimum Gasteiger partial charge on any atom is -0.412 e. The Balaban J connectivity index is 0.000000172. The Hall–Kier alpha value is -5.64. The number of hydrogen-bond donors (Lipinski definition) is 0. The third-order valence-electron chi connectivity index (χ3n) is 10.0. The molecule has 2 aliphatic carbocycles. The third-order valence-corrected chi connectivity index (χ3v) is 10.0. The van der Waals surface area contributed by atoms with Crippen molar-refractivity contribution >= 4 is 45.1 Å². The highest BCUT2D eigenvalue weighted by atomic mass is 16.0. The molecule has 51 heavy (non-hydrogen) atoms. The molecule has 0 atom stereocenters. The average Bonchev–Trinajstić information content (AvgIpc) is 3.15. The van der Waals surface area contributed by atoms with Gasteiger partial charge in [-0.15, -0.1) is 13.2 Å². The van der Waals surface area contributed by atoms with Gasteiger partial charge in [0.1, 0.15) is 0 Å². The Kier molecular flexibility index (Phi) is 11.0. The summed E-state index contributed by atoms with van der Waals surface area (Å²) < 4.78 is 0. The van der Waals surface area contributed by atoms with Crippen molar-refractivity contribution in [3.8, 4) is 0 Å². The second-order valence-corrected chi connectivity index (χ2v) is 13.6. The maximum absolute atomic E-state index is 3.93. The summed E-state index contributed by atoms with van der Waals surface area (Å²) in [5.41, 5.74) is 13.7. The lowest BCUT2D eigenvalue weighted by Gasteiger charge is -2.27. The average molecular weight is 669 g/mol. The van der Waals surface area contributed by atoms with Gasteiger partial charge >= 0.3 is 0 Å². The minimum atomic E-state index is 0. The van der Waals surface area contributed by atoms with E-state index in [-0.39, 0.29) is 5.48 Å². The van der Waals surface area contributed by atoms with Crippen LogP contribution in [0.25, 0.3) is 33.7 Å². The van der Waals surface area contributed by atoms with Gasteiger partial charge in [-0.2, -0.15) is 0 Å². The van der Waals surface area contributed by atoms with E-state index in [1.54, 1.807) is 0 Å². The van der Waals surface area contributed by atoms with Crippen LogP contribution in [0.5, 0.6) is 0 Å². The van der Waals surface area contributed by atoms with Crippen LogP contribution in [0, 0.1) is 13.8 Å². The van der Waals surface area contributed by atoms with Gasteiger partial charge in [-0.05, 0) is 117 Å². The third kappa shape index (κ3) is 7.60. The summed E-state index contributed by atoms with van der Waals surface area (Å²) in [6.45, 7) is 15.8. The molecule has 0 saturated heterocycles. The Morgan fingerprint density at radius 1 is 0.510 bits per heavy atom. The van der Waals surface area contributed by atoms with Crippen molar-refractivity contribution < 1.29 is 5.48 Å². The van der Waals surface area contributed by atoms with Crippen molar-refractivity contribution in [3.05, 3.63) is 191 Å². The second kappa shape index (κ2) is 15.9. The Bertz CT molecular complexity index is 2070. The first-order valence-electron chi connectivity index (χ1n) is 17.8. The molecule has 0 fully saturated rings. The van der Waals surface area contributed by atoms with Crippen LogP contribution in [0.2, 0.25) is 0 Å². The van der Waals surface area contributed by atoms with E-state index in [0.29, 0.717) is 0 Å². The molecule has 0 aliphatic heterocycles. The molecule has 256 valence electrons. The Morgan fingerprint density at radius 2 is 0.922 bits per heavy atom. The number of aryl methyl sites for hydroxylation is 2. The lowest BCUT2D eigenvalue weighted by molar-refractivity contribution is 0.824. The quantitative estimate of drug-likeness (QED) is 0.136. The van der Waals surface area contributed by atoms with Crippen molar-refractivity contribution in [3.63, 3.8) is 0 Å². The van der Waals surface area contributed by atoms with Crippen LogP contribution in [-0.2, 0) is 12.8 Å². The minimum absolute atomic E-state index is 0. The normalized spacial score (nSPS) is 12.5. The molecule has 0 unspecified atom stereocenters. The molecule has 6 aromatic rings. The molecule has 0 bridgehead atoms. The standard InChI is InChI=1S/2C24H23N.H2O/c2*1-3-14-25(22-9-5-4-6-10-22)17-19-15-20-8-7-11-23-18(2)12-13-21(16-19)24(20)23;/h2*3-13,16H,1,14-15,17H2,2H3;1H2. The first-order valence-corrected chi connectivity index (χ1v) is 17.8. The van der Waals surface area contributed by atoms with Gasteiger partial charge in [-0.1, -0.05) is 121 Å². The second-order valence-electron chi connectivity index (χ2n) is 13.6. The molecular weight excluding hydrogens is 621 g/mol. The molecule has 0 spiro atoms. The molecule has 2 N–H and O–H groups in total. The molecule has 0 aromatic heterocycles. The molecule has 0 amide bonds. The molecular formula is C48H48N2O. The van der Waals surface area contributed by atoms with Crippen LogP contribution >= 0.6 is 0 Å². The summed E-state index contributed by atoms with van der Waals surface area (Å²) in [6.07, 6.45) is 10.8. The van der Waals surface area contributed by atoms with E-state index in [1.807, 2.05) is 12.2 Å². The number of benzene rings is 6. The Morgan fingerprint density at radius 3 is 1.31 bits per heavy atom. The molecule has 0 heterocycles. The van der Waals surface area contributed by atoms with Gasteiger partial charge in [0.2, 0.25) is 0 Å². The van der Waals surface area contributed by atoms with Crippen LogP contribution in [0.1, 0.15) is 33.4 Å². The summed E-state index contributed by atoms with van der Waals surface area (Å²) in [5, 5.41) is 5.63. The topological polar surface area (TPSA) is 38.0 Å². The fraction of sp³-hybridized carbons (Fsp3) is 0.167. The summed E-state index contributed by atoms with van der Waals surface area (Å²) in [7, 11) is 0. The van der Waals surface area contributed by atoms with E-state index in [4.69, 9.17) is 0 Å². The van der Waals surface area contributed by atoms with Gasteiger partial charge in [0.15, 0.2) is 0 Å². The van der Waals surface area contributed by atoms with Crippen molar-refractivity contribution in [2.45, 2.75) is 26.7 Å². The van der Waals surface area contributed by atoms with E-state index in [2.05, 4.69) is 170 Å². The highest BCUT2D eigenvalue weighted by Crippen LogP contribution is 2.35. The number of para-hydroxylation sites is 2. The maximum Gasteiger partial charge on any atom is 0.0399 e. The summed E-state index contributed by atoms with van der Waals surface area (Å²) >= 11 is 0. The van der Waals surface area contributed by atoms with Crippen molar-refractivity contribution in [2.24, 2.45) is 0 Å². The zero-order valence-electron chi connectivity index (χ0n) is 29.9. The van der Waals surface area contributed by atoms with Crippen LogP contribution in [0.15, 0.2) is 158 Å².